The summed E-state index contributed by atoms with van der Waals surface area (Å²) in [4.78, 5) is 0. The Morgan fingerprint density at radius 3 is 2.06 bits per heavy atom. The highest BCUT2D eigenvalue weighted by molar-refractivity contribution is 5.21. The molecule has 0 aromatic heterocycles. The van der Waals surface area contributed by atoms with Crippen LogP contribution >= 0.6 is 0 Å². The fraction of sp³-hybridized carbons (Fsp3) is 0.733. The molecule has 2 atom stereocenters. The maximum absolute atomic E-state index is 10.6. The Bertz CT molecular complexity index is 407. The van der Waals surface area contributed by atoms with Crippen molar-refractivity contribution in [1.29, 1.82) is 0 Å². The zero-order valence-electron chi connectivity index (χ0n) is 11.0. The van der Waals surface area contributed by atoms with Gasteiger partial charge in [0.15, 0.2) is 0 Å². The maximum Gasteiger partial charge on any atom is 0.115 e. The highest BCUT2D eigenvalue weighted by Crippen LogP contribution is 2.60. The molecule has 0 radical (unpaired) electrons. The van der Waals surface area contributed by atoms with Crippen LogP contribution in [0, 0.1) is 5.92 Å². The Kier molecular flexibility index (Phi) is 2.31. The van der Waals surface area contributed by atoms with Crippen LogP contribution in [0.1, 0.15) is 45.4 Å². The van der Waals surface area contributed by atoms with Crippen LogP contribution < -0.4 is 0 Å². The molecule has 0 saturated heterocycles. The first-order chi connectivity index (χ1) is 8.23. The molecule has 2 N–H and O–H groups in total. The summed E-state index contributed by atoms with van der Waals surface area (Å²) in [5, 5.41) is 21.2. The lowest BCUT2D eigenvalue weighted by atomic mass is 9.50. The van der Waals surface area contributed by atoms with E-state index in [9.17, 15) is 10.2 Å². The molecular formula is C15H22O3. The van der Waals surface area contributed by atoms with Crippen molar-refractivity contribution in [3.63, 3.8) is 0 Å². The molecule has 4 fully saturated rings. The molecular weight excluding hydrogens is 228 g/mol. The molecule has 0 aliphatic heterocycles. The summed E-state index contributed by atoms with van der Waals surface area (Å²) in [6.07, 6.45) is 4.27. The van der Waals surface area contributed by atoms with E-state index in [1.165, 1.54) is 0 Å². The van der Waals surface area contributed by atoms with Crippen LogP contribution in [0.5, 0.6) is 0 Å². The molecule has 0 aromatic rings. The lowest BCUT2D eigenvalue weighted by Gasteiger charge is -2.62. The van der Waals surface area contributed by atoms with E-state index in [2.05, 4.69) is 13.2 Å². The topological polar surface area (TPSA) is 49.7 Å². The van der Waals surface area contributed by atoms with Gasteiger partial charge in [0.05, 0.1) is 11.2 Å². The summed E-state index contributed by atoms with van der Waals surface area (Å²) in [6.45, 7) is 9.60. The summed E-state index contributed by atoms with van der Waals surface area (Å²) < 4.78 is 6.03. The third kappa shape index (κ3) is 1.81. The first-order valence-electron chi connectivity index (χ1n) is 6.72. The number of aliphatic hydroxyl groups is 2. The van der Waals surface area contributed by atoms with E-state index < -0.39 is 16.8 Å². The minimum absolute atomic E-state index is 0.370. The van der Waals surface area contributed by atoms with Crippen molar-refractivity contribution in [1.82, 2.24) is 0 Å². The summed E-state index contributed by atoms with van der Waals surface area (Å²) >= 11 is 0. The predicted octanol–water partition coefficient (Wildman–Crippen LogP) is 2.29. The second kappa shape index (κ2) is 3.40. The minimum Gasteiger partial charge on any atom is -0.487 e. The zero-order chi connectivity index (χ0) is 13.2. The van der Waals surface area contributed by atoms with Crippen molar-refractivity contribution in [3.8, 4) is 0 Å². The van der Waals surface area contributed by atoms with Crippen LogP contribution in [0.25, 0.3) is 0 Å². The van der Waals surface area contributed by atoms with E-state index in [4.69, 9.17) is 4.74 Å². The molecule has 4 bridgehead atoms. The Balaban J connectivity index is 1.89. The van der Waals surface area contributed by atoms with Gasteiger partial charge in [-0.05, 0) is 37.7 Å². The van der Waals surface area contributed by atoms with Gasteiger partial charge in [-0.1, -0.05) is 13.2 Å². The molecule has 100 valence electrons. The Morgan fingerprint density at radius 1 is 1.06 bits per heavy atom. The van der Waals surface area contributed by atoms with Crippen LogP contribution in [0.2, 0.25) is 0 Å². The predicted molar refractivity (Wildman–Crippen MR) is 68.9 cm³/mol. The molecule has 0 spiro atoms. The van der Waals surface area contributed by atoms with Crippen molar-refractivity contribution in [2.24, 2.45) is 5.92 Å². The highest BCUT2D eigenvalue weighted by atomic mass is 16.5. The monoisotopic (exact) mass is 250 g/mol. The van der Waals surface area contributed by atoms with Crippen LogP contribution in [-0.2, 0) is 4.74 Å². The molecule has 4 rings (SSSR count). The summed E-state index contributed by atoms with van der Waals surface area (Å²) in [5.74, 6) is 0.957. The quantitative estimate of drug-likeness (QED) is 0.597. The van der Waals surface area contributed by atoms with E-state index in [0.717, 1.165) is 24.8 Å². The van der Waals surface area contributed by atoms with Crippen LogP contribution in [-0.4, -0.2) is 27.0 Å². The van der Waals surface area contributed by atoms with Gasteiger partial charge in [-0.2, -0.15) is 0 Å². The number of hydrogen-bond acceptors (Lipinski definition) is 3. The largest absolute Gasteiger partial charge is 0.487 e. The molecule has 0 aromatic carbocycles. The Labute approximate surface area is 108 Å². The van der Waals surface area contributed by atoms with E-state index in [0.29, 0.717) is 30.9 Å². The minimum atomic E-state index is -0.747. The molecule has 4 aliphatic rings. The lowest BCUT2D eigenvalue weighted by molar-refractivity contribution is -0.257. The normalized spacial score (nSPS) is 49.2. The number of allylic oxidation sites excluding steroid dienone is 1. The molecule has 3 nitrogen and oxygen atoms in total. The maximum atomic E-state index is 10.6. The van der Waals surface area contributed by atoms with Gasteiger partial charge >= 0.3 is 0 Å². The molecule has 4 aliphatic carbocycles. The SMILES string of the molecule is C=C(C)C(=C)OC12CC3CC(O)(CC(O)(C3)C1)C2. The second-order valence-corrected chi connectivity index (χ2v) is 6.95. The fourth-order valence-corrected chi connectivity index (χ4v) is 4.71. The number of rotatable bonds is 3. The van der Waals surface area contributed by atoms with Gasteiger partial charge in [0.2, 0.25) is 0 Å². The standard InChI is InChI=1S/C15H22O3/c1-10(2)11(3)18-15-6-12-4-13(16,8-15)7-14(17,5-12)9-15/h12,16-17H,1,3-9H2,2H3. The van der Waals surface area contributed by atoms with Crippen molar-refractivity contribution >= 4 is 0 Å². The molecule has 2 unspecified atom stereocenters. The van der Waals surface area contributed by atoms with Crippen molar-refractivity contribution in [3.05, 3.63) is 24.5 Å². The van der Waals surface area contributed by atoms with Crippen LogP contribution in [0.3, 0.4) is 0 Å². The smallest absolute Gasteiger partial charge is 0.115 e. The van der Waals surface area contributed by atoms with Gasteiger partial charge in [-0.15, -0.1) is 0 Å². The molecule has 3 heteroatoms. The van der Waals surface area contributed by atoms with Gasteiger partial charge in [0.1, 0.15) is 11.4 Å². The van der Waals surface area contributed by atoms with Gasteiger partial charge in [0, 0.05) is 19.3 Å². The number of ether oxygens (including phenoxy) is 1. The van der Waals surface area contributed by atoms with Gasteiger partial charge in [-0.25, -0.2) is 0 Å². The van der Waals surface area contributed by atoms with Gasteiger partial charge in [0.25, 0.3) is 0 Å². The third-order valence-electron chi connectivity index (χ3n) is 4.77. The fourth-order valence-electron chi connectivity index (χ4n) is 4.71. The number of hydrogen-bond donors (Lipinski definition) is 2. The molecule has 0 heterocycles. The van der Waals surface area contributed by atoms with E-state index in [-0.39, 0.29) is 0 Å². The first kappa shape index (κ1) is 12.2. The first-order valence-corrected chi connectivity index (χ1v) is 6.72. The van der Waals surface area contributed by atoms with Gasteiger partial charge in [-0.3, -0.25) is 0 Å². The Morgan fingerprint density at radius 2 is 1.61 bits per heavy atom. The van der Waals surface area contributed by atoms with Crippen molar-refractivity contribution in [2.45, 2.75) is 62.3 Å². The summed E-state index contributed by atoms with van der Waals surface area (Å²) in [6, 6.07) is 0. The van der Waals surface area contributed by atoms with E-state index in [1.807, 2.05) is 6.92 Å². The Hall–Kier alpha value is -0.800. The third-order valence-corrected chi connectivity index (χ3v) is 4.77. The molecule has 18 heavy (non-hydrogen) atoms. The highest BCUT2D eigenvalue weighted by Gasteiger charge is 2.64. The van der Waals surface area contributed by atoms with E-state index in [1.54, 1.807) is 0 Å². The molecule has 4 saturated carbocycles. The van der Waals surface area contributed by atoms with Crippen LogP contribution in [0.4, 0.5) is 0 Å². The average molecular weight is 250 g/mol. The van der Waals surface area contributed by atoms with Crippen molar-refractivity contribution in [2.75, 3.05) is 0 Å². The lowest BCUT2D eigenvalue weighted by Crippen LogP contribution is -2.66. The summed E-state index contributed by atoms with van der Waals surface area (Å²) in [7, 11) is 0. The zero-order valence-corrected chi connectivity index (χ0v) is 11.0. The van der Waals surface area contributed by atoms with Crippen LogP contribution in [0.15, 0.2) is 24.5 Å². The molecule has 0 amide bonds. The van der Waals surface area contributed by atoms with Crippen molar-refractivity contribution < 1.29 is 14.9 Å². The average Bonchev–Trinajstić information content (AvgIpc) is 2.09. The van der Waals surface area contributed by atoms with Gasteiger partial charge < -0.3 is 14.9 Å². The second-order valence-electron chi connectivity index (χ2n) is 6.95. The van der Waals surface area contributed by atoms with E-state index >= 15 is 0 Å². The summed E-state index contributed by atoms with van der Waals surface area (Å²) in [5.41, 5.74) is -1.11.